The largest absolute Gasteiger partial charge is 0.465 e. The normalized spacial score (nSPS) is 15.4. The summed E-state index contributed by atoms with van der Waals surface area (Å²) in [7, 11) is 1.31. The van der Waals surface area contributed by atoms with Crippen molar-refractivity contribution in [1.29, 1.82) is 0 Å². The maximum atomic E-state index is 13.0. The van der Waals surface area contributed by atoms with E-state index in [1.165, 1.54) is 12.0 Å². The molecule has 0 fully saturated rings. The number of carbonyl (C=O) groups excluding carboxylic acids is 2. The summed E-state index contributed by atoms with van der Waals surface area (Å²) in [5.41, 5.74) is 4.88. The van der Waals surface area contributed by atoms with E-state index in [-0.39, 0.29) is 11.5 Å². The number of amides is 1. The first-order chi connectivity index (χ1) is 13.8. The lowest BCUT2D eigenvalue weighted by Crippen LogP contribution is -2.25. The van der Waals surface area contributed by atoms with Gasteiger partial charge >= 0.3 is 5.97 Å². The van der Waals surface area contributed by atoms with Crippen LogP contribution in [0.5, 0.6) is 0 Å². The number of carbonyl (C=O) groups is 2. The minimum Gasteiger partial charge on any atom is -0.465 e. The number of hydrogen-bond donors (Lipinski definition) is 0. The van der Waals surface area contributed by atoms with Crippen LogP contribution in [0.4, 0.5) is 0 Å². The third kappa shape index (κ3) is 3.66. The zero-order valence-electron chi connectivity index (χ0n) is 17.0. The van der Waals surface area contributed by atoms with Gasteiger partial charge < -0.3 is 14.2 Å². The SMILES string of the molecule is C=CCN1C(=O)C(=Cc2cc(C)n(-c3cccc(Cl)c3)c2C)C(C(=O)OC)=C1C. The van der Waals surface area contributed by atoms with Crippen molar-refractivity contribution in [3.05, 3.63) is 81.8 Å². The number of methoxy groups -OCH3 is 1. The molecular weight excluding hydrogens is 388 g/mol. The molecule has 0 saturated heterocycles. The van der Waals surface area contributed by atoms with Crippen LogP contribution in [0.3, 0.4) is 0 Å². The van der Waals surface area contributed by atoms with Gasteiger partial charge in [-0.05, 0) is 56.7 Å². The molecule has 1 aliphatic rings. The van der Waals surface area contributed by atoms with Gasteiger partial charge in [0.15, 0.2) is 0 Å². The second-order valence-electron chi connectivity index (χ2n) is 6.86. The molecule has 1 amide bonds. The average Bonchev–Trinajstić information content (AvgIpc) is 3.09. The molecule has 0 N–H and O–H groups in total. The minimum absolute atomic E-state index is 0.240. The fourth-order valence-electron chi connectivity index (χ4n) is 3.68. The number of esters is 1. The maximum Gasteiger partial charge on any atom is 0.340 e. The highest BCUT2D eigenvalue weighted by atomic mass is 35.5. The minimum atomic E-state index is -0.530. The quantitative estimate of drug-likeness (QED) is 0.411. The van der Waals surface area contributed by atoms with Crippen molar-refractivity contribution < 1.29 is 14.3 Å². The monoisotopic (exact) mass is 410 g/mol. The van der Waals surface area contributed by atoms with Crippen molar-refractivity contribution in [2.75, 3.05) is 13.7 Å². The molecule has 0 unspecified atom stereocenters. The highest BCUT2D eigenvalue weighted by Crippen LogP contribution is 2.33. The fourth-order valence-corrected chi connectivity index (χ4v) is 3.86. The molecular formula is C23H23ClN2O3. The molecule has 6 heteroatoms. The average molecular weight is 411 g/mol. The number of hydrogen-bond acceptors (Lipinski definition) is 3. The Hall–Kier alpha value is -3.05. The fraction of sp³-hybridized carbons (Fsp3) is 0.217. The second kappa shape index (κ2) is 8.13. The molecule has 1 aromatic carbocycles. The molecule has 2 aromatic rings. The Balaban J connectivity index is 2.14. The lowest BCUT2D eigenvalue weighted by Gasteiger charge is -2.14. The molecule has 29 heavy (non-hydrogen) atoms. The Labute approximate surface area is 175 Å². The summed E-state index contributed by atoms with van der Waals surface area (Å²) in [6.45, 7) is 9.71. The first-order valence-electron chi connectivity index (χ1n) is 9.19. The van der Waals surface area contributed by atoms with Crippen molar-refractivity contribution in [2.45, 2.75) is 20.8 Å². The molecule has 5 nitrogen and oxygen atoms in total. The van der Waals surface area contributed by atoms with Gasteiger partial charge in [0.05, 0.1) is 18.3 Å². The van der Waals surface area contributed by atoms with Gasteiger partial charge in [0, 0.05) is 34.3 Å². The summed E-state index contributed by atoms with van der Waals surface area (Å²) in [4.78, 5) is 26.9. The molecule has 0 saturated carbocycles. The number of allylic oxidation sites excluding steroid dienone is 1. The van der Waals surface area contributed by atoms with E-state index in [2.05, 4.69) is 11.1 Å². The number of benzene rings is 1. The highest BCUT2D eigenvalue weighted by molar-refractivity contribution is 6.30. The van der Waals surface area contributed by atoms with Crippen LogP contribution in [0.15, 0.2) is 59.8 Å². The van der Waals surface area contributed by atoms with E-state index < -0.39 is 5.97 Å². The van der Waals surface area contributed by atoms with Crippen LogP contribution in [0.1, 0.15) is 23.9 Å². The zero-order chi connectivity index (χ0) is 21.3. The first-order valence-corrected chi connectivity index (χ1v) is 9.56. The lowest BCUT2D eigenvalue weighted by molar-refractivity contribution is -0.136. The molecule has 0 atom stereocenters. The van der Waals surface area contributed by atoms with Crippen molar-refractivity contribution >= 4 is 29.6 Å². The maximum absolute atomic E-state index is 13.0. The number of nitrogens with zero attached hydrogens (tertiary/aromatic N) is 2. The van der Waals surface area contributed by atoms with E-state index in [0.717, 1.165) is 22.6 Å². The third-order valence-electron chi connectivity index (χ3n) is 5.05. The van der Waals surface area contributed by atoms with Crippen LogP contribution in [0, 0.1) is 13.8 Å². The molecule has 150 valence electrons. The number of aromatic nitrogens is 1. The third-order valence-corrected chi connectivity index (χ3v) is 5.28. The Kier molecular flexibility index (Phi) is 5.80. The standard InChI is InChI=1S/C23H23ClN2O3/c1-6-10-25-16(4)21(23(28)29-5)20(22(25)27)12-17-11-14(2)26(15(17)3)19-9-7-8-18(24)13-19/h6-9,11-13H,1,10H2,2-5H3. The Morgan fingerprint density at radius 1 is 1.24 bits per heavy atom. The number of aryl methyl sites for hydroxylation is 1. The van der Waals surface area contributed by atoms with Crippen LogP contribution < -0.4 is 0 Å². The number of rotatable bonds is 5. The van der Waals surface area contributed by atoms with E-state index in [0.29, 0.717) is 22.8 Å². The summed E-state index contributed by atoms with van der Waals surface area (Å²) in [5.74, 6) is -0.771. The summed E-state index contributed by atoms with van der Waals surface area (Å²) in [6.07, 6.45) is 3.38. The Morgan fingerprint density at radius 2 is 1.97 bits per heavy atom. The van der Waals surface area contributed by atoms with Gasteiger partial charge in [-0.2, -0.15) is 0 Å². The smallest absolute Gasteiger partial charge is 0.340 e. The molecule has 0 bridgehead atoms. The van der Waals surface area contributed by atoms with E-state index in [1.54, 1.807) is 19.1 Å². The van der Waals surface area contributed by atoms with E-state index >= 15 is 0 Å². The van der Waals surface area contributed by atoms with Crippen molar-refractivity contribution in [3.63, 3.8) is 0 Å². The molecule has 2 heterocycles. The second-order valence-corrected chi connectivity index (χ2v) is 7.29. The molecule has 1 aliphatic heterocycles. The summed E-state index contributed by atoms with van der Waals surface area (Å²) in [5, 5.41) is 0.646. The van der Waals surface area contributed by atoms with Crippen molar-refractivity contribution in [1.82, 2.24) is 9.47 Å². The number of ether oxygens (including phenoxy) is 1. The topological polar surface area (TPSA) is 51.5 Å². The van der Waals surface area contributed by atoms with Gasteiger partial charge in [-0.3, -0.25) is 4.79 Å². The Bertz CT molecular complexity index is 1080. The van der Waals surface area contributed by atoms with Gasteiger partial charge in [-0.25, -0.2) is 4.79 Å². The van der Waals surface area contributed by atoms with E-state index in [4.69, 9.17) is 16.3 Å². The lowest BCUT2D eigenvalue weighted by atomic mass is 10.0. The van der Waals surface area contributed by atoms with Gasteiger partial charge in [-0.15, -0.1) is 6.58 Å². The zero-order valence-corrected chi connectivity index (χ0v) is 17.7. The predicted molar refractivity (Wildman–Crippen MR) is 115 cm³/mol. The van der Waals surface area contributed by atoms with Gasteiger partial charge in [0.25, 0.3) is 5.91 Å². The van der Waals surface area contributed by atoms with Crippen molar-refractivity contribution in [2.24, 2.45) is 0 Å². The van der Waals surface area contributed by atoms with Gasteiger partial charge in [0.2, 0.25) is 0 Å². The molecule has 3 rings (SSSR count). The summed E-state index contributed by atoms with van der Waals surface area (Å²) in [6, 6.07) is 9.55. The molecule has 0 aliphatic carbocycles. The first kappa shape index (κ1) is 20.7. The highest BCUT2D eigenvalue weighted by Gasteiger charge is 2.36. The van der Waals surface area contributed by atoms with Crippen molar-refractivity contribution in [3.8, 4) is 5.69 Å². The van der Waals surface area contributed by atoms with Crippen LogP contribution in [0.25, 0.3) is 11.8 Å². The molecule has 1 aromatic heterocycles. The summed E-state index contributed by atoms with van der Waals surface area (Å²) < 4.78 is 6.99. The number of halogens is 1. The predicted octanol–water partition coefficient (Wildman–Crippen LogP) is 4.61. The van der Waals surface area contributed by atoms with Crippen LogP contribution in [-0.4, -0.2) is 35.0 Å². The van der Waals surface area contributed by atoms with E-state index in [9.17, 15) is 9.59 Å². The van der Waals surface area contributed by atoms with E-state index in [1.807, 2.05) is 44.2 Å². The van der Waals surface area contributed by atoms with Gasteiger partial charge in [-0.1, -0.05) is 23.7 Å². The summed E-state index contributed by atoms with van der Waals surface area (Å²) >= 11 is 6.15. The molecule has 0 spiro atoms. The van der Waals surface area contributed by atoms with Crippen LogP contribution in [0.2, 0.25) is 5.02 Å². The Morgan fingerprint density at radius 3 is 2.59 bits per heavy atom. The van der Waals surface area contributed by atoms with Crippen LogP contribution in [-0.2, 0) is 14.3 Å². The van der Waals surface area contributed by atoms with Gasteiger partial charge in [0.1, 0.15) is 0 Å². The van der Waals surface area contributed by atoms with Crippen LogP contribution >= 0.6 is 11.6 Å². The molecule has 0 radical (unpaired) electrons.